The van der Waals surface area contributed by atoms with Crippen molar-refractivity contribution >= 4 is 5.69 Å². The molecule has 0 fully saturated rings. The Bertz CT molecular complexity index is 429. The molecule has 1 nitrogen and oxygen atoms in total. The third-order valence-electron chi connectivity index (χ3n) is 2.49. The van der Waals surface area contributed by atoms with Crippen LogP contribution in [0.1, 0.15) is 24.5 Å². The van der Waals surface area contributed by atoms with Gasteiger partial charge in [-0.25, -0.2) is 0 Å². The van der Waals surface area contributed by atoms with Crippen LogP contribution in [0.2, 0.25) is 0 Å². The molecule has 0 aliphatic carbocycles. The van der Waals surface area contributed by atoms with Crippen molar-refractivity contribution < 1.29 is 13.2 Å². The highest BCUT2D eigenvalue weighted by Crippen LogP contribution is 2.33. The molecule has 1 rings (SSSR count). The predicted octanol–water partition coefficient (Wildman–Crippen LogP) is 3.84. The third kappa shape index (κ3) is 3.42. The Kier molecular flexibility index (Phi) is 4.06. The van der Waals surface area contributed by atoms with Crippen LogP contribution in [0.15, 0.2) is 18.2 Å². The zero-order chi connectivity index (χ0) is 13.1. The number of anilines is 1. The Morgan fingerprint density at radius 1 is 1.41 bits per heavy atom. The van der Waals surface area contributed by atoms with Gasteiger partial charge < -0.3 is 5.32 Å². The topological polar surface area (TPSA) is 12.0 Å². The number of rotatable bonds is 3. The first kappa shape index (κ1) is 13.4. The van der Waals surface area contributed by atoms with Crippen LogP contribution in [0.5, 0.6) is 0 Å². The Balaban J connectivity index is 3.02. The summed E-state index contributed by atoms with van der Waals surface area (Å²) in [5, 5.41) is 2.88. The van der Waals surface area contributed by atoms with Crippen LogP contribution in [0.25, 0.3) is 0 Å². The maximum atomic E-state index is 12.7. The van der Waals surface area contributed by atoms with Crippen molar-refractivity contribution in [1.82, 2.24) is 0 Å². The van der Waals surface area contributed by atoms with Gasteiger partial charge in [-0.15, -0.1) is 6.42 Å². The van der Waals surface area contributed by atoms with Crippen molar-refractivity contribution in [2.24, 2.45) is 0 Å². The number of halogens is 3. The van der Waals surface area contributed by atoms with Gasteiger partial charge in [0.2, 0.25) is 0 Å². The molecular weight excluding hydrogens is 227 g/mol. The van der Waals surface area contributed by atoms with E-state index in [9.17, 15) is 13.2 Å². The Hall–Kier alpha value is -1.63. The van der Waals surface area contributed by atoms with E-state index >= 15 is 0 Å². The first-order valence-electron chi connectivity index (χ1n) is 5.29. The lowest BCUT2D eigenvalue weighted by atomic mass is 10.1. The van der Waals surface area contributed by atoms with Crippen molar-refractivity contribution in [3.63, 3.8) is 0 Å². The van der Waals surface area contributed by atoms with Gasteiger partial charge in [-0.05, 0) is 31.0 Å². The highest BCUT2D eigenvalue weighted by Gasteiger charge is 2.32. The maximum absolute atomic E-state index is 12.7. The zero-order valence-electron chi connectivity index (χ0n) is 9.73. The Morgan fingerprint density at radius 2 is 2.06 bits per heavy atom. The van der Waals surface area contributed by atoms with Crippen LogP contribution in [-0.2, 0) is 6.18 Å². The molecule has 0 aliphatic heterocycles. The van der Waals surface area contributed by atoms with E-state index in [0.29, 0.717) is 12.1 Å². The molecule has 1 N–H and O–H groups in total. The van der Waals surface area contributed by atoms with E-state index in [1.807, 2.05) is 6.92 Å². The molecule has 1 unspecified atom stereocenters. The zero-order valence-corrected chi connectivity index (χ0v) is 9.73. The molecule has 0 spiro atoms. The first-order valence-corrected chi connectivity index (χ1v) is 5.29. The highest BCUT2D eigenvalue weighted by atomic mass is 19.4. The summed E-state index contributed by atoms with van der Waals surface area (Å²) < 4.78 is 38.0. The molecular formula is C13H14F3N. The van der Waals surface area contributed by atoms with Crippen LogP contribution in [0, 0.1) is 19.3 Å². The summed E-state index contributed by atoms with van der Waals surface area (Å²) >= 11 is 0. The molecule has 92 valence electrons. The summed E-state index contributed by atoms with van der Waals surface area (Å²) in [7, 11) is 0. The fourth-order valence-electron chi connectivity index (χ4n) is 1.48. The number of benzene rings is 1. The lowest BCUT2D eigenvalue weighted by Crippen LogP contribution is -2.16. The standard InChI is InChI=1S/C13H14F3N/c1-4-10(5-2)17-11-7-6-9(3)12(8-11)13(14,15)16/h1,6-8,10,17H,5H2,2-3H3. The summed E-state index contributed by atoms with van der Waals surface area (Å²) in [6, 6.07) is 3.88. The molecule has 0 amide bonds. The summed E-state index contributed by atoms with van der Waals surface area (Å²) in [5.74, 6) is 2.48. The molecule has 1 aromatic rings. The fraction of sp³-hybridized carbons (Fsp3) is 0.385. The van der Waals surface area contributed by atoms with Crippen molar-refractivity contribution in [2.75, 3.05) is 5.32 Å². The van der Waals surface area contributed by atoms with Gasteiger partial charge in [-0.2, -0.15) is 13.2 Å². The molecule has 0 saturated heterocycles. The first-order chi connectivity index (χ1) is 7.88. The average molecular weight is 241 g/mol. The summed E-state index contributed by atoms with van der Waals surface area (Å²) in [6.07, 6.45) is 1.57. The number of alkyl halides is 3. The molecule has 1 atom stereocenters. The van der Waals surface area contributed by atoms with Gasteiger partial charge in [0, 0.05) is 5.69 Å². The van der Waals surface area contributed by atoms with Crippen LogP contribution in [0.3, 0.4) is 0 Å². The minimum atomic E-state index is -4.33. The largest absolute Gasteiger partial charge is 0.416 e. The van der Waals surface area contributed by atoms with Crippen LogP contribution in [0.4, 0.5) is 18.9 Å². The molecule has 0 aromatic heterocycles. The van der Waals surface area contributed by atoms with E-state index in [2.05, 4.69) is 11.2 Å². The summed E-state index contributed by atoms with van der Waals surface area (Å²) in [5.41, 5.74) is -0.0288. The van der Waals surface area contributed by atoms with Crippen molar-refractivity contribution in [1.29, 1.82) is 0 Å². The lowest BCUT2D eigenvalue weighted by molar-refractivity contribution is -0.138. The van der Waals surface area contributed by atoms with Crippen molar-refractivity contribution in [2.45, 2.75) is 32.5 Å². The van der Waals surface area contributed by atoms with Crippen LogP contribution >= 0.6 is 0 Å². The van der Waals surface area contributed by atoms with E-state index in [1.54, 1.807) is 6.07 Å². The van der Waals surface area contributed by atoms with E-state index in [1.165, 1.54) is 13.0 Å². The molecule has 4 heteroatoms. The smallest absolute Gasteiger partial charge is 0.372 e. The quantitative estimate of drug-likeness (QED) is 0.793. The number of hydrogen-bond donors (Lipinski definition) is 1. The molecule has 0 radical (unpaired) electrons. The molecule has 1 aromatic carbocycles. The second-order valence-electron chi connectivity index (χ2n) is 3.80. The predicted molar refractivity (Wildman–Crippen MR) is 62.7 cm³/mol. The van der Waals surface area contributed by atoms with Crippen molar-refractivity contribution in [3.05, 3.63) is 29.3 Å². The van der Waals surface area contributed by atoms with Gasteiger partial charge in [0.25, 0.3) is 0 Å². The molecule has 17 heavy (non-hydrogen) atoms. The minimum absolute atomic E-state index is 0.205. The van der Waals surface area contributed by atoms with E-state index in [0.717, 1.165) is 6.07 Å². The fourth-order valence-corrected chi connectivity index (χ4v) is 1.48. The molecule has 0 bridgehead atoms. The van der Waals surface area contributed by atoms with Gasteiger partial charge in [-0.1, -0.05) is 18.9 Å². The van der Waals surface area contributed by atoms with Gasteiger partial charge >= 0.3 is 6.18 Å². The van der Waals surface area contributed by atoms with Crippen molar-refractivity contribution in [3.8, 4) is 12.3 Å². The van der Waals surface area contributed by atoms with E-state index in [-0.39, 0.29) is 11.6 Å². The number of hydrogen-bond acceptors (Lipinski definition) is 1. The minimum Gasteiger partial charge on any atom is -0.372 e. The normalized spacial score (nSPS) is 12.9. The average Bonchev–Trinajstić information content (AvgIpc) is 2.26. The monoisotopic (exact) mass is 241 g/mol. The van der Waals surface area contributed by atoms with Crippen LogP contribution < -0.4 is 5.32 Å². The molecule has 0 heterocycles. The second-order valence-corrected chi connectivity index (χ2v) is 3.80. The van der Waals surface area contributed by atoms with E-state index < -0.39 is 11.7 Å². The van der Waals surface area contributed by atoms with Gasteiger partial charge in [0.05, 0.1) is 11.6 Å². The summed E-state index contributed by atoms with van der Waals surface area (Å²) in [6.45, 7) is 3.31. The van der Waals surface area contributed by atoms with Gasteiger partial charge in [0.1, 0.15) is 0 Å². The SMILES string of the molecule is C#CC(CC)Nc1ccc(C)c(C(F)(F)F)c1. The molecule has 0 aliphatic rings. The van der Waals surface area contributed by atoms with Crippen LogP contribution in [-0.4, -0.2) is 6.04 Å². The number of nitrogens with one attached hydrogen (secondary N) is 1. The Labute approximate surface area is 99.0 Å². The third-order valence-corrected chi connectivity index (χ3v) is 2.49. The lowest BCUT2D eigenvalue weighted by Gasteiger charge is -2.16. The molecule has 0 saturated carbocycles. The highest BCUT2D eigenvalue weighted by molar-refractivity contribution is 5.51. The second kappa shape index (κ2) is 5.13. The van der Waals surface area contributed by atoms with Gasteiger partial charge in [0.15, 0.2) is 0 Å². The Morgan fingerprint density at radius 3 is 2.53 bits per heavy atom. The number of aryl methyl sites for hydroxylation is 1. The van der Waals surface area contributed by atoms with E-state index in [4.69, 9.17) is 6.42 Å². The maximum Gasteiger partial charge on any atom is 0.416 e. The summed E-state index contributed by atoms with van der Waals surface area (Å²) in [4.78, 5) is 0. The van der Waals surface area contributed by atoms with Gasteiger partial charge in [-0.3, -0.25) is 0 Å². The number of terminal acetylenes is 1.